The SMILES string of the molecule is Cc1cccc2[nH]c([C@H]3CCCN3C(=O)CN3C(=O)CNC3=O)nc12. The largest absolute Gasteiger partial charge is 0.340 e. The van der Waals surface area contributed by atoms with Gasteiger partial charge in [-0.1, -0.05) is 12.1 Å². The summed E-state index contributed by atoms with van der Waals surface area (Å²) in [6.45, 7) is 2.34. The Kier molecular flexibility index (Phi) is 3.67. The summed E-state index contributed by atoms with van der Waals surface area (Å²) in [5.74, 6) is 0.158. The predicted molar refractivity (Wildman–Crippen MR) is 89.6 cm³/mol. The van der Waals surface area contributed by atoms with Crippen molar-refractivity contribution in [2.24, 2.45) is 0 Å². The highest BCUT2D eigenvalue weighted by Gasteiger charge is 2.36. The van der Waals surface area contributed by atoms with Crippen LogP contribution in [0.25, 0.3) is 11.0 Å². The zero-order chi connectivity index (χ0) is 17.6. The van der Waals surface area contributed by atoms with Gasteiger partial charge in [0, 0.05) is 6.54 Å². The highest BCUT2D eigenvalue weighted by Crippen LogP contribution is 2.32. The molecule has 2 saturated heterocycles. The van der Waals surface area contributed by atoms with Gasteiger partial charge in [0.1, 0.15) is 12.4 Å². The van der Waals surface area contributed by atoms with Gasteiger partial charge in [0.05, 0.1) is 23.6 Å². The van der Waals surface area contributed by atoms with Crippen LogP contribution in [-0.2, 0) is 9.59 Å². The highest BCUT2D eigenvalue weighted by atomic mass is 16.2. The minimum Gasteiger partial charge on any atom is -0.340 e. The maximum Gasteiger partial charge on any atom is 0.325 e. The second-order valence-electron chi connectivity index (χ2n) is 6.48. The number of para-hydroxylation sites is 1. The smallest absolute Gasteiger partial charge is 0.325 e. The van der Waals surface area contributed by atoms with Crippen molar-refractivity contribution >= 4 is 28.9 Å². The molecule has 0 aliphatic carbocycles. The molecule has 0 radical (unpaired) electrons. The van der Waals surface area contributed by atoms with Gasteiger partial charge < -0.3 is 15.2 Å². The average molecular weight is 341 g/mol. The second kappa shape index (κ2) is 5.87. The maximum atomic E-state index is 12.7. The molecule has 2 N–H and O–H groups in total. The van der Waals surface area contributed by atoms with E-state index >= 15 is 0 Å². The molecule has 8 nitrogen and oxygen atoms in total. The highest BCUT2D eigenvalue weighted by molar-refractivity contribution is 6.04. The van der Waals surface area contributed by atoms with Crippen LogP contribution in [0.5, 0.6) is 0 Å². The maximum absolute atomic E-state index is 12.7. The summed E-state index contributed by atoms with van der Waals surface area (Å²) in [7, 11) is 0. The van der Waals surface area contributed by atoms with Crippen molar-refractivity contribution in [3.05, 3.63) is 29.6 Å². The Morgan fingerprint density at radius 3 is 2.92 bits per heavy atom. The fourth-order valence-corrected chi connectivity index (χ4v) is 3.54. The number of hydrogen-bond acceptors (Lipinski definition) is 4. The standard InChI is InChI=1S/C17H19N5O3/c1-10-4-2-5-11-15(10)20-16(19-11)12-6-3-7-21(12)14(24)9-22-13(23)8-18-17(22)25/h2,4-5,12H,3,6-9H2,1H3,(H,18,25)(H,19,20)/t12-/m1/s1. The van der Waals surface area contributed by atoms with Crippen LogP contribution in [0.4, 0.5) is 4.79 Å². The first-order valence-corrected chi connectivity index (χ1v) is 8.37. The van der Waals surface area contributed by atoms with E-state index in [0.29, 0.717) is 6.54 Å². The third kappa shape index (κ3) is 2.63. The molecule has 2 fully saturated rings. The van der Waals surface area contributed by atoms with Crippen molar-refractivity contribution < 1.29 is 14.4 Å². The second-order valence-corrected chi connectivity index (χ2v) is 6.48. The van der Waals surface area contributed by atoms with Gasteiger partial charge in [-0.15, -0.1) is 0 Å². The molecule has 0 spiro atoms. The summed E-state index contributed by atoms with van der Waals surface area (Å²) in [4.78, 5) is 46.7. The predicted octanol–water partition coefficient (Wildman–Crippen LogP) is 1.09. The number of aryl methyl sites for hydroxylation is 1. The number of H-pyrrole nitrogens is 1. The Bertz CT molecular complexity index is 858. The molecule has 0 saturated carbocycles. The summed E-state index contributed by atoms with van der Waals surface area (Å²) in [6.07, 6.45) is 1.68. The van der Waals surface area contributed by atoms with Gasteiger partial charge >= 0.3 is 6.03 Å². The van der Waals surface area contributed by atoms with Crippen LogP contribution in [0, 0.1) is 6.92 Å². The van der Waals surface area contributed by atoms with Crippen molar-refractivity contribution in [3.8, 4) is 0 Å². The zero-order valence-electron chi connectivity index (χ0n) is 13.9. The monoisotopic (exact) mass is 341 g/mol. The molecule has 0 unspecified atom stereocenters. The van der Waals surface area contributed by atoms with Gasteiger partial charge in [-0.05, 0) is 31.4 Å². The summed E-state index contributed by atoms with van der Waals surface area (Å²) in [5, 5.41) is 2.43. The molecular weight excluding hydrogens is 322 g/mol. The number of carbonyl (C=O) groups is 3. The van der Waals surface area contributed by atoms with E-state index in [9.17, 15) is 14.4 Å². The first-order valence-electron chi connectivity index (χ1n) is 8.37. The van der Waals surface area contributed by atoms with Gasteiger partial charge in [-0.2, -0.15) is 0 Å². The van der Waals surface area contributed by atoms with Crippen LogP contribution < -0.4 is 5.32 Å². The van der Waals surface area contributed by atoms with E-state index in [1.54, 1.807) is 4.90 Å². The van der Waals surface area contributed by atoms with Crippen LogP contribution in [0.15, 0.2) is 18.2 Å². The van der Waals surface area contributed by atoms with Gasteiger partial charge in [-0.25, -0.2) is 9.78 Å². The molecule has 1 aromatic heterocycles. The number of aromatic nitrogens is 2. The van der Waals surface area contributed by atoms with E-state index in [2.05, 4.69) is 15.3 Å². The number of fused-ring (bicyclic) bond motifs is 1. The van der Waals surface area contributed by atoms with Crippen molar-refractivity contribution in [3.63, 3.8) is 0 Å². The van der Waals surface area contributed by atoms with Crippen LogP contribution in [0.3, 0.4) is 0 Å². The van der Waals surface area contributed by atoms with E-state index in [0.717, 1.165) is 40.2 Å². The molecule has 0 bridgehead atoms. The number of nitrogens with one attached hydrogen (secondary N) is 2. The van der Waals surface area contributed by atoms with Gasteiger partial charge in [-0.3, -0.25) is 14.5 Å². The topological polar surface area (TPSA) is 98.4 Å². The lowest BCUT2D eigenvalue weighted by Crippen LogP contribution is -2.43. The van der Waals surface area contributed by atoms with Crippen LogP contribution in [0.1, 0.15) is 30.3 Å². The molecule has 1 aromatic carbocycles. The van der Waals surface area contributed by atoms with Gasteiger partial charge in [0.25, 0.3) is 5.91 Å². The normalized spacial score (nSPS) is 20.6. The van der Waals surface area contributed by atoms with Crippen LogP contribution >= 0.6 is 0 Å². The molecular formula is C17H19N5O3. The number of aromatic amines is 1. The zero-order valence-corrected chi connectivity index (χ0v) is 13.9. The van der Waals surface area contributed by atoms with E-state index in [-0.39, 0.29) is 30.9 Å². The molecule has 1 atom stereocenters. The Hall–Kier alpha value is -2.90. The fraction of sp³-hybridized carbons (Fsp3) is 0.412. The molecule has 2 aliphatic rings. The van der Waals surface area contributed by atoms with Crippen molar-refractivity contribution in [2.45, 2.75) is 25.8 Å². The molecule has 4 rings (SSSR count). The molecule has 3 heterocycles. The number of likely N-dealkylation sites (tertiary alicyclic amines) is 1. The lowest BCUT2D eigenvalue weighted by atomic mass is 10.2. The van der Waals surface area contributed by atoms with Crippen molar-refractivity contribution in [1.82, 2.24) is 25.1 Å². The van der Waals surface area contributed by atoms with E-state index in [4.69, 9.17) is 0 Å². The third-order valence-electron chi connectivity index (χ3n) is 4.85. The average Bonchev–Trinajstić information content (AvgIpc) is 3.29. The summed E-state index contributed by atoms with van der Waals surface area (Å²) in [6, 6.07) is 5.28. The molecule has 4 amide bonds. The Balaban J connectivity index is 1.57. The summed E-state index contributed by atoms with van der Waals surface area (Å²) in [5.41, 5.74) is 2.93. The molecule has 2 aromatic rings. The number of amides is 4. The number of hydrogen-bond donors (Lipinski definition) is 2. The van der Waals surface area contributed by atoms with Crippen LogP contribution in [0.2, 0.25) is 0 Å². The number of imidazole rings is 1. The van der Waals surface area contributed by atoms with Gasteiger partial charge in [0.2, 0.25) is 5.91 Å². The number of nitrogens with zero attached hydrogens (tertiary/aromatic N) is 3. The third-order valence-corrected chi connectivity index (χ3v) is 4.85. The minimum atomic E-state index is -0.506. The number of carbonyl (C=O) groups excluding carboxylic acids is 3. The van der Waals surface area contributed by atoms with Crippen molar-refractivity contribution in [2.75, 3.05) is 19.6 Å². The van der Waals surface area contributed by atoms with Crippen molar-refractivity contribution in [1.29, 1.82) is 0 Å². The molecule has 2 aliphatic heterocycles. The number of urea groups is 1. The first-order chi connectivity index (χ1) is 12.0. The van der Waals surface area contributed by atoms with E-state index < -0.39 is 6.03 Å². The van der Waals surface area contributed by atoms with Gasteiger partial charge in [0.15, 0.2) is 0 Å². The lowest BCUT2D eigenvalue weighted by Gasteiger charge is -2.24. The Labute approximate surface area is 144 Å². The number of imide groups is 1. The van der Waals surface area contributed by atoms with Crippen LogP contribution in [-0.4, -0.2) is 57.2 Å². The molecule has 130 valence electrons. The first kappa shape index (κ1) is 15.6. The molecule has 8 heteroatoms. The summed E-state index contributed by atoms with van der Waals surface area (Å²) >= 11 is 0. The lowest BCUT2D eigenvalue weighted by molar-refractivity contribution is -0.137. The number of rotatable bonds is 3. The summed E-state index contributed by atoms with van der Waals surface area (Å²) < 4.78 is 0. The minimum absolute atomic E-state index is 0.0433. The fourth-order valence-electron chi connectivity index (χ4n) is 3.54. The number of benzene rings is 1. The molecule has 25 heavy (non-hydrogen) atoms. The quantitative estimate of drug-likeness (QED) is 0.816. The Morgan fingerprint density at radius 2 is 2.20 bits per heavy atom. The Morgan fingerprint density at radius 1 is 1.36 bits per heavy atom. The van der Waals surface area contributed by atoms with E-state index in [1.165, 1.54) is 0 Å². The van der Waals surface area contributed by atoms with E-state index in [1.807, 2.05) is 25.1 Å².